The lowest BCUT2D eigenvalue weighted by Gasteiger charge is -2.25. The number of nitrogens with one attached hydrogen (secondary N) is 1. The van der Waals surface area contributed by atoms with Gasteiger partial charge in [-0.15, -0.1) is 0 Å². The molecule has 0 saturated carbocycles. The number of carbonyl (C=O) groups is 2. The number of hydrogen-bond donors (Lipinski definition) is 1. The first-order valence-corrected chi connectivity index (χ1v) is 9.12. The van der Waals surface area contributed by atoms with Crippen LogP contribution in [-0.4, -0.2) is 30.7 Å². The van der Waals surface area contributed by atoms with E-state index in [1.165, 1.54) is 18.1 Å². The van der Waals surface area contributed by atoms with Gasteiger partial charge in [-0.1, -0.05) is 18.2 Å². The number of aryl methyl sites for hydroxylation is 2. The maximum atomic E-state index is 12.4. The molecule has 2 aromatic carbocycles. The van der Waals surface area contributed by atoms with E-state index in [1.54, 1.807) is 18.2 Å². The number of hydrogen-bond acceptors (Lipinski definition) is 5. The molecule has 1 amide bonds. The van der Waals surface area contributed by atoms with Crippen LogP contribution in [-0.2, 0) is 27.2 Å². The molecule has 0 saturated heterocycles. The Morgan fingerprint density at radius 1 is 1.11 bits per heavy atom. The second-order valence-electron chi connectivity index (χ2n) is 6.77. The highest BCUT2D eigenvalue weighted by atomic mass is 16.6. The third kappa shape index (κ3) is 3.74. The maximum Gasteiger partial charge on any atom is 0.351 e. The van der Waals surface area contributed by atoms with Crippen LogP contribution in [0.3, 0.4) is 0 Å². The smallest absolute Gasteiger partial charge is 0.351 e. The number of amides is 1. The van der Waals surface area contributed by atoms with E-state index in [1.807, 2.05) is 24.3 Å². The van der Waals surface area contributed by atoms with E-state index in [0.717, 1.165) is 24.9 Å². The zero-order chi connectivity index (χ0) is 18.8. The molecule has 1 aliphatic carbocycles. The number of para-hydroxylation sites is 2. The lowest BCUT2D eigenvalue weighted by atomic mass is 10.1. The minimum atomic E-state index is -0.938. The van der Waals surface area contributed by atoms with E-state index in [9.17, 15) is 9.59 Å². The maximum absolute atomic E-state index is 12.4. The van der Waals surface area contributed by atoms with E-state index in [-0.39, 0.29) is 12.5 Å². The lowest BCUT2D eigenvalue weighted by molar-refractivity contribution is -0.162. The Morgan fingerprint density at radius 3 is 2.74 bits per heavy atom. The molecule has 1 aliphatic heterocycles. The molecule has 0 radical (unpaired) electrons. The number of fused-ring (bicyclic) bond motifs is 2. The average Bonchev–Trinajstić information content (AvgIpc) is 3.15. The summed E-state index contributed by atoms with van der Waals surface area (Å²) in [6.45, 7) is 1.59. The molecule has 2 aromatic rings. The van der Waals surface area contributed by atoms with Crippen LogP contribution in [0.25, 0.3) is 0 Å². The van der Waals surface area contributed by atoms with Gasteiger partial charge in [-0.3, -0.25) is 4.79 Å². The number of carbonyl (C=O) groups excluding carboxylic acids is 2. The van der Waals surface area contributed by atoms with Crippen LogP contribution in [0.2, 0.25) is 0 Å². The zero-order valence-corrected chi connectivity index (χ0v) is 15.1. The normalized spacial score (nSPS) is 18.3. The van der Waals surface area contributed by atoms with Crippen LogP contribution in [0.15, 0.2) is 42.5 Å². The molecule has 6 heteroatoms. The van der Waals surface area contributed by atoms with Crippen molar-refractivity contribution in [1.82, 2.24) is 0 Å². The molecular weight excluding hydrogens is 346 g/mol. The van der Waals surface area contributed by atoms with E-state index in [4.69, 9.17) is 14.2 Å². The summed E-state index contributed by atoms with van der Waals surface area (Å²) in [5, 5.41) is 2.81. The van der Waals surface area contributed by atoms with Crippen molar-refractivity contribution in [2.45, 2.75) is 38.4 Å². The van der Waals surface area contributed by atoms with Crippen LogP contribution < -0.4 is 14.8 Å². The summed E-state index contributed by atoms with van der Waals surface area (Å²) in [7, 11) is 0. The van der Waals surface area contributed by atoms with Gasteiger partial charge in [0.2, 0.25) is 6.10 Å². The van der Waals surface area contributed by atoms with E-state index in [2.05, 4.69) is 5.32 Å². The molecule has 1 N–H and O–H groups in total. The van der Waals surface area contributed by atoms with E-state index in [0.29, 0.717) is 11.5 Å². The molecule has 0 fully saturated rings. The Balaban J connectivity index is 1.34. The predicted molar refractivity (Wildman–Crippen MR) is 99.0 cm³/mol. The summed E-state index contributed by atoms with van der Waals surface area (Å²) in [6.07, 6.45) is 1.43. The zero-order valence-electron chi connectivity index (χ0n) is 15.1. The second kappa shape index (κ2) is 7.31. The summed E-state index contributed by atoms with van der Waals surface area (Å²) >= 11 is 0. The molecule has 1 heterocycles. The fourth-order valence-corrected chi connectivity index (χ4v) is 3.33. The topological polar surface area (TPSA) is 73.9 Å². The number of esters is 1. The van der Waals surface area contributed by atoms with Gasteiger partial charge in [0.25, 0.3) is 5.91 Å². The summed E-state index contributed by atoms with van der Waals surface area (Å²) < 4.78 is 16.4. The number of benzene rings is 2. The van der Waals surface area contributed by atoms with Crippen LogP contribution in [0.5, 0.6) is 11.5 Å². The van der Waals surface area contributed by atoms with Crippen LogP contribution in [0.1, 0.15) is 24.5 Å². The molecule has 2 aliphatic rings. The quantitative estimate of drug-likeness (QED) is 0.841. The molecule has 0 aromatic heterocycles. The summed E-state index contributed by atoms with van der Waals surface area (Å²) in [5.74, 6) is 0.0735. The van der Waals surface area contributed by atoms with Gasteiger partial charge in [0.05, 0.1) is 0 Å². The third-order valence-corrected chi connectivity index (χ3v) is 4.80. The lowest BCUT2D eigenvalue weighted by Crippen LogP contribution is -2.41. The van der Waals surface area contributed by atoms with Crippen molar-refractivity contribution in [3.8, 4) is 11.5 Å². The summed E-state index contributed by atoms with van der Waals surface area (Å²) in [5.41, 5.74) is 3.32. The molecule has 27 heavy (non-hydrogen) atoms. The second-order valence-corrected chi connectivity index (χ2v) is 6.77. The largest absolute Gasteiger partial charge is 0.485 e. The standard InChI is InChI=1S/C21H21NO5/c1-13(20(23)22-16-10-9-14-5-4-6-15(14)11-16)26-21(24)19-12-25-17-7-2-3-8-18(17)27-19/h2-3,7-11,13,19H,4-6,12H2,1H3,(H,22,23)/t13-,19-/m0/s1. The molecule has 0 bridgehead atoms. The highest BCUT2D eigenvalue weighted by Gasteiger charge is 2.31. The molecular formula is C21H21NO5. The first kappa shape index (κ1) is 17.4. The first-order valence-electron chi connectivity index (χ1n) is 9.12. The SMILES string of the molecule is C[C@H](OC(=O)[C@@H]1COc2ccccc2O1)C(=O)Nc1ccc2c(c1)CCC2. The van der Waals surface area contributed by atoms with Gasteiger partial charge in [0.1, 0.15) is 6.61 Å². The Morgan fingerprint density at radius 2 is 1.89 bits per heavy atom. The minimum absolute atomic E-state index is 0.0506. The minimum Gasteiger partial charge on any atom is -0.485 e. The molecule has 0 unspecified atom stereocenters. The highest BCUT2D eigenvalue weighted by molar-refractivity contribution is 5.95. The van der Waals surface area contributed by atoms with Gasteiger partial charge in [-0.05, 0) is 61.6 Å². The fraction of sp³-hybridized carbons (Fsp3) is 0.333. The van der Waals surface area contributed by atoms with Gasteiger partial charge < -0.3 is 19.5 Å². The molecule has 0 spiro atoms. The van der Waals surface area contributed by atoms with Crippen LogP contribution >= 0.6 is 0 Å². The van der Waals surface area contributed by atoms with Crippen molar-refractivity contribution in [3.05, 3.63) is 53.6 Å². The van der Waals surface area contributed by atoms with Gasteiger partial charge in [0.15, 0.2) is 17.6 Å². The molecule has 140 valence electrons. The number of anilines is 1. The van der Waals surface area contributed by atoms with Gasteiger partial charge in [0, 0.05) is 5.69 Å². The van der Waals surface area contributed by atoms with E-state index < -0.39 is 18.2 Å². The Hall–Kier alpha value is -3.02. The highest BCUT2D eigenvalue weighted by Crippen LogP contribution is 2.31. The monoisotopic (exact) mass is 367 g/mol. The van der Waals surface area contributed by atoms with Gasteiger partial charge in [-0.2, -0.15) is 0 Å². The molecule has 2 atom stereocenters. The Kier molecular flexibility index (Phi) is 4.71. The van der Waals surface area contributed by atoms with Crippen molar-refractivity contribution in [3.63, 3.8) is 0 Å². The first-order chi connectivity index (χ1) is 13.1. The summed E-state index contributed by atoms with van der Waals surface area (Å²) in [4.78, 5) is 24.7. The van der Waals surface area contributed by atoms with Gasteiger partial charge in [-0.25, -0.2) is 4.79 Å². The Labute approximate surface area is 157 Å². The van der Waals surface area contributed by atoms with Crippen LogP contribution in [0, 0.1) is 0 Å². The van der Waals surface area contributed by atoms with E-state index >= 15 is 0 Å². The average molecular weight is 367 g/mol. The predicted octanol–water partition coefficient (Wildman–Crippen LogP) is 2.89. The number of rotatable bonds is 4. The fourth-order valence-electron chi connectivity index (χ4n) is 3.33. The van der Waals surface area contributed by atoms with Crippen molar-refractivity contribution < 1.29 is 23.8 Å². The molecule has 4 rings (SSSR count). The number of ether oxygens (including phenoxy) is 3. The van der Waals surface area contributed by atoms with Crippen LogP contribution in [0.4, 0.5) is 5.69 Å². The van der Waals surface area contributed by atoms with Crippen molar-refractivity contribution in [2.24, 2.45) is 0 Å². The summed E-state index contributed by atoms with van der Waals surface area (Å²) in [6, 6.07) is 13.0. The van der Waals surface area contributed by atoms with Crippen molar-refractivity contribution in [2.75, 3.05) is 11.9 Å². The van der Waals surface area contributed by atoms with Crippen molar-refractivity contribution >= 4 is 17.6 Å². The third-order valence-electron chi connectivity index (χ3n) is 4.80. The Bertz CT molecular complexity index is 879. The molecule has 6 nitrogen and oxygen atoms in total. The van der Waals surface area contributed by atoms with Crippen molar-refractivity contribution in [1.29, 1.82) is 0 Å². The van der Waals surface area contributed by atoms with Gasteiger partial charge >= 0.3 is 5.97 Å².